The number of aliphatic hydroxyl groups is 1. The van der Waals surface area contributed by atoms with Gasteiger partial charge in [0.2, 0.25) is 8.32 Å². The molecule has 1 aliphatic rings. The number of hydrogen-bond acceptors (Lipinski definition) is 6. The van der Waals surface area contributed by atoms with E-state index in [1.54, 1.807) is 29.9 Å². The largest absolute Gasteiger partial charge is 0.444 e. The Bertz CT molecular complexity index is 1630. The number of amides is 1. The quantitative estimate of drug-likeness (QED) is 0.131. The van der Waals surface area contributed by atoms with E-state index in [-0.39, 0.29) is 65.9 Å². The van der Waals surface area contributed by atoms with Gasteiger partial charge < -0.3 is 19.6 Å². The Morgan fingerprint density at radius 3 is 1.82 bits per heavy atom. The lowest BCUT2D eigenvalue weighted by atomic mass is 9.69. The van der Waals surface area contributed by atoms with Crippen molar-refractivity contribution in [2.45, 2.75) is 110 Å². The molecule has 4 rings (SSSR count). The topological polar surface area (TPSA) is 112 Å². The lowest BCUT2D eigenvalue weighted by Gasteiger charge is -2.48. The lowest BCUT2D eigenvalue weighted by Crippen LogP contribution is -2.55. The molecule has 50 heavy (non-hydrogen) atoms. The van der Waals surface area contributed by atoms with E-state index >= 15 is 0 Å². The molecule has 0 aliphatic heterocycles. The van der Waals surface area contributed by atoms with Crippen LogP contribution in [0.3, 0.4) is 0 Å². The zero-order valence-corrected chi connectivity index (χ0v) is 32.9. The van der Waals surface area contributed by atoms with E-state index in [1.165, 1.54) is 0 Å². The van der Waals surface area contributed by atoms with Crippen LogP contribution in [0.25, 0.3) is 0 Å². The molecule has 0 unspecified atom stereocenters. The van der Waals surface area contributed by atoms with Crippen molar-refractivity contribution >= 4 is 31.8 Å². The maximum absolute atomic E-state index is 14.8. The second-order valence-electron chi connectivity index (χ2n) is 15.5. The lowest BCUT2D eigenvalue weighted by molar-refractivity contribution is 0.0420. The molecule has 0 bridgehead atoms. The molecule has 11 heteroatoms. The number of nitrogens with one attached hydrogen (secondary N) is 1. The van der Waals surface area contributed by atoms with Crippen molar-refractivity contribution < 1.29 is 23.9 Å². The van der Waals surface area contributed by atoms with Crippen LogP contribution in [0.2, 0.25) is 16.6 Å². The van der Waals surface area contributed by atoms with E-state index < -0.39 is 43.9 Å². The van der Waals surface area contributed by atoms with Gasteiger partial charge in [-0.2, -0.15) is 0 Å². The van der Waals surface area contributed by atoms with E-state index in [4.69, 9.17) is 20.8 Å². The summed E-state index contributed by atoms with van der Waals surface area (Å²) in [5.41, 5.74) is 2.20. The Kier molecular flexibility index (Phi) is 13.0. The predicted octanol–water partition coefficient (Wildman–Crippen LogP) is 7.58. The number of carbonyl (C=O) groups is 2. The number of alkyl carbamates (subject to hydrolysis) is 1. The molecule has 0 saturated heterocycles. The maximum atomic E-state index is 14.8. The highest BCUT2D eigenvalue weighted by molar-refractivity contribution is 6.77. The number of carbonyl (C=O) groups excluding carboxylic acids is 2. The number of nitrogens with zero attached hydrogens (tertiary/aromatic N) is 2. The van der Waals surface area contributed by atoms with E-state index in [0.717, 1.165) is 11.1 Å². The summed E-state index contributed by atoms with van der Waals surface area (Å²) in [6, 6.07) is 19.2. The van der Waals surface area contributed by atoms with E-state index in [9.17, 15) is 19.5 Å². The molecule has 0 radical (unpaired) electrons. The number of fused-ring (bicyclic) bond motifs is 1. The monoisotopic (exact) mass is 725 g/mol. The second kappa shape index (κ2) is 16.4. The van der Waals surface area contributed by atoms with Gasteiger partial charge in [-0.05, 0) is 48.5 Å². The molecular formula is C39H56ClN3O6Si. The number of Topliss-reactive ketones (excluding diaryl/α,β-unsaturated/α-hetero) is 1. The highest BCUT2D eigenvalue weighted by atomic mass is 35.5. The molecule has 2 N–H and O–H groups in total. The fourth-order valence-corrected chi connectivity index (χ4v) is 14.1. The van der Waals surface area contributed by atoms with Crippen molar-refractivity contribution in [2.24, 2.45) is 11.8 Å². The molecule has 0 spiro atoms. The highest BCUT2D eigenvalue weighted by Gasteiger charge is 2.53. The summed E-state index contributed by atoms with van der Waals surface area (Å²) >= 11 is 6.93. The maximum Gasteiger partial charge on any atom is 0.407 e. The molecule has 274 valence electrons. The number of aliphatic hydroxyl groups excluding tert-OH is 1. The van der Waals surface area contributed by atoms with Gasteiger partial charge in [0.15, 0.2) is 5.78 Å². The first-order valence-electron chi connectivity index (χ1n) is 17.8. The summed E-state index contributed by atoms with van der Waals surface area (Å²) in [4.78, 5) is 42.4. The molecule has 0 saturated carbocycles. The van der Waals surface area contributed by atoms with Crippen LogP contribution in [0.4, 0.5) is 4.79 Å². The minimum Gasteiger partial charge on any atom is -0.444 e. The van der Waals surface area contributed by atoms with Crippen molar-refractivity contribution in [2.75, 3.05) is 19.0 Å². The van der Waals surface area contributed by atoms with Crippen LogP contribution >= 0.6 is 11.6 Å². The molecule has 1 aromatic heterocycles. The zero-order chi connectivity index (χ0) is 37.0. The van der Waals surface area contributed by atoms with Gasteiger partial charge >= 0.3 is 11.8 Å². The molecule has 1 heterocycles. The van der Waals surface area contributed by atoms with Crippen LogP contribution in [0, 0.1) is 11.8 Å². The van der Waals surface area contributed by atoms with Crippen molar-refractivity contribution in [1.82, 2.24) is 14.5 Å². The Morgan fingerprint density at radius 1 is 0.880 bits per heavy atom. The van der Waals surface area contributed by atoms with Crippen LogP contribution in [0.15, 0.2) is 65.5 Å². The fraction of sp³-hybridized carbons (Fsp3) is 0.564. The SMILES string of the molecule is CC(C)[Si](O[C@@H](CCl)[C@@H]1c2c(n(Cc3ccccc3)c(=O)n2Cc2ccccc2)C(=O)[C@H](CNC(=O)OC(C)(C)C)[C@H]1CO)(C(C)C)C(C)C. The molecule has 1 aliphatic carbocycles. The van der Waals surface area contributed by atoms with Crippen LogP contribution in [0.5, 0.6) is 0 Å². The molecule has 4 atom stereocenters. The second-order valence-corrected chi connectivity index (χ2v) is 21.2. The number of alkyl halides is 1. The summed E-state index contributed by atoms with van der Waals surface area (Å²) in [6.07, 6.45) is -1.29. The minimum absolute atomic E-state index is 0.0886. The normalized spacial score (nSPS) is 18.8. The molecule has 0 fully saturated rings. The standard InChI is InChI=1S/C39H56ClN3O6Si/c1-25(2)50(26(3)4,27(5)6)49-32(20-40)33-31(24-44)30(21-41-37(46)48-39(7,8)9)36(45)35-34(33)42(22-28-16-12-10-13-17-28)38(47)43(35)23-29-18-14-11-15-19-29/h10-19,25-27,30-33,44H,20-24H2,1-9H3,(H,41,46)/t30-,31-,32+,33-/m1/s1. The van der Waals surface area contributed by atoms with Crippen LogP contribution < -0.4 is 11.0 Å². The first kappa shape index (κ1) is 39.6. The third-order valence-electron chi connectivity index (χ3n) is 10.2. The van der Waals surface area contributed by atoms with Gasteiger partial charge in [-0.1, -0.05) is 102 Å². The first-order valence-corrected chi connectivity index (χ1v) is 20.5. The van der Waals surface area contributed by atoms with Gasteiger partial charge in [0.1, 0.15) is 11.3 Å². The van der Waals surface area contributed by atoms with Gasteiger partial charge in [0.25, 0.3) is 0 Å². The van der Waals surface area contributed by atoms with Gasteiger partial charge in [-0.25, -0.2) is 9.59 Å². The van der Waals surface area contributed by atoms with E-state index in [1.807, 2.05) is 60.7 Å². The number of aromatic nitrogens is 2. The van der Waals surface area contributed by atoms with Crippen LogP contribution in [-0.2, 0) is 22.3 Å². The predicted molar refractivity (Wildman–Crippen MR) is 202 cm³/mol. The summed E-state index contributed by atoms with van der Waals surface area (Å²) in [6.45, 7) is 18.4. The summed E-state index contributed by atoms with van der Waals surface area (Å²) in [5, 5.41) is 14.0. The van der Waals surface area contributed by atoms with Gasteiger partial charge in [-0.3, -0.25) is 13.9 Å². The zero-order valence-electron chi connectivity index (χ0n) is 31.1. The molecule has 1 amide bonds. The highest BCUT2D eigenvalue weighted by Crippen LogP contribution is 2.48. The molecular weight excluding hydrogens is 670 g/mol. The summed E-state index contributed by atoms with van der Waals surface area (Å²) < 4.78 is 16.1. The fourth-order valence-electron chi connectivity index (χ4n) is 8.18. The Balaban J connectivity index is 2.00. The molecule has 9 nitrogen and oxygen atoms in total. The number of rotatable bonds is 14. The third kappa shape index (κ3) is 8.30. The number of hydrogen-bond donors (Lipinski definition) is 2. The van der Waals surface area contributed by atoms with E-state index in [0.29, 0.717) is 5.69 Å². The van der Waals surface area contributed by atoms with Gasteiger partial charge in [0, 0.05) is 36.8 Å². The van der Waals surface area contributed by atoms with Crippen molar-refractivity contribution in [1.29, 1.82) is 0 Å². The summed E-state index contributed by atoms with van der Waals surface area (Å²) in [7, 11) is -2.56. The van der Waals surface area contributed by atoms with Crippen LogP contribution in [0.1, 0.15) is 95.5 Å². The van der Waals surface area contributed by atoms with E-state index in [2.05, 4.69) is 46.9 Å². The van der Waals surface area contributed by atoms with Crippen LogP contribution in [-0.4, -0.2) is 65.2 Å². The van der Waals surface area contributed by atoms with Gasteiger partial charge in [0.05, 0.1) is 24.9 Å². The number of ketones is 1. The first-order chi connectivity index (χ1) is 23.6. The molecule has 2 aromatic carbocycles. The molecule has 3 aromatic rings. The minimum atomic E-state index is -2.56. The van der Waals surface area contributed by atoms with Crippen molar-refractivity contribution in [3.8, 4) is 0 Å². The van der Waals surface area contributed by atoms with Crippen molar-refractivity contribution in [3.05, 3.63) is 93.7 Å². The third-order valence-corrected chi connectivity index (χ3v) is 16.6. The Hall–Kier alpha value is -3.18. The van der Waals surface area contributed by atoms with Gasteiger partial charge in [-0.15, -0.1) is 11.6 Å². The average Bonchev–Trinajstić information content (AvgIpc) is 3.31. The Morgan fingerprint density at radius 2 is 1.38 bits per heavy atom. The summed E-state index contributed by atoms with van der Waals surface area (Å²) in [5.74, 6) is -2.44. The number of ether oxygens (including phenoxy) is 1. The Labute approximate surface area is 303 Å². The smallest absolute Gasteiger partial charge is 0.407 e. The number of imidazole rings is 1. The average molecular weight is 726 g/mol. The number of benzene rings is 2. The number of halogens is 1. The van der Waals surface area contributed by atoms with Crippen molar-refractivity contribution in [3.63, 3.8) is 0 Å².